The SMILES string of the molecule is c1ccc(C[O][Zr]([O]Cc2ccccc2)[O]Cc2ccccc2)cc1. The second-order valence-corrected chi connectivity index (χ2v) is 8.93. The minimum atomic E-state index is -2.88. The van der Waals surface area contributed by atoms with Crippen LogP contribution in [0.25, 0.3) is 0 Å². The van der Waals surface area contributed by atoms with E-state index in [1.165, 1.54) is 0 Å². The Balaban J connectivity index is 1.56. The Kier molecular flexibility index (Phi) is 7.60. The summed E-state index contributed by atoms with van der Waals surface area (Å²) in [5.74, 6) is 0. The van der Waals surface area contributed by atoms with Gasteiger partial charge in [-0.05, 0) is 0 Å². The van der Waals surface area contributed by atoms with Gasteiger partial charge in [-0.2, -0.15) is 0 Å². The van der Waals surface area contributed by atoms with E-state index < -0.39 is 23.1 Å². The van der Waals surface area contributed by atoms with Gasteiger partial charge in [-0.1, -0.05) is 0 Å². The Hall–Kier alpha value is -1.58. The average molecular weight is 413 g/mol. The van der Waals surface area contributed by atoms with Crippen molar-refractivity contribution < 1.29 is 31.5 Å². The molecule has 0 aliphatic heterocycles. The van der Waals surface area contributed by atoms with Crippen molar-refractivity contribution in [2.45, 2.75) is 19.8 Å². The van der Waals surface area contributed by atoms with Crippen molar-refractivity contribution >= 4 is 0 Å². The van der Waals surface area contributed by atoms with Crippen molar-refractivity contribution in [3.63, 3.8) is 0 Å². The van der Waals surface area contributed by atoms with Crippen LogP contribution in [0.2, 0.25) is 0 Å². The van der Waals surface area contributed by atoms with Gasteiger partial charge in [0.15, 0.2) is 0 Å². The summed E-state index contributed by atoms with van der Waals surface area (Å²) in [5.41, 5.74) is 3.40. The third-order valence-electron chi connectivity index (χ3n) is 3.60. The first-order chi connectivity index (χ1) is 12.4. The van der Waals surface area contributed by atoms with E-state index in [9.17, 15) is 0 Å². The molecule has 0 amide bonds. The number of benzene rings is 3. The quantitative estimate of drug-likeness (QED) is 0.495. The van der Waals surface area contributed by atoms with Crippen LogP contribution < -0.4 is 0 Å². The van der Waals surface area contributed by atoms with Crippen molar-refractivity contribution in [2.75, 3.05) is 0 Å². The summed E-state index contributed by atoms with van der Waals surface area (Å²) in [6.45, 7) is 1.58. The van der Waals surface area contributed by atoms with Gasteiger partial charge in [0.2, 0.25) is 0 Å². The molecule has 0 bridgehead atoms. The third-order valence-corrected chi connectivity index (χ3v) is 6.40. The normalized spacial score (nSPS) is 10.6. The minimum absolute atomic E-state index is 0.527. The molecular weight excluding hydrogens is 391 g/mol. The first kappa shape index (κ1) is 18.2. The Morgan fingerprint density at radius 2 is 0.720 bits per heavy atom. The number of hydrogen-bond donors (Lipinski definition) is 0. The summed E-state index contributed by atoms with van der Waals surface area (Å²) in [7, 11) is 0. The van der Waals surface area contributed by atoms with E-state index in [1.54, 1.807) is 0 Å². The first-order valence-corrected chi connectivity index (χ1v) is 11.3. The first-order valence-electron chi connectivity index (χ1n) is 8.27. The monoisotopic (exact) mass is 411 g/mol. The molecule has 4 heteroatoms. The van der Waals surface area contributed by atoms with Crippen LogP contribution in [0.15, 0.2) is 91.0 Å². The fraction of sp³-hybridized carbons (Fsp3) is 0.143. The van der Waals surface area contributed by atoms with Gasteiger partial charge in [-0.25, -0.2) is 0 Å². The molecule has 127 valence electrons. The Labute approximate surface area is 158 Å². The molecule has 0 heterocycles. The molecule has 0 radical (unpaired) electrons. The molecule has 0 aliphatic rings. The zero-order chi connectivity index (χ0) is 17.2. The fourth-order valence-corrected chi connectivity index (χ4v) is 4.99. The summed E-state index contributed by atoms with van der Waals surface area (Å²) in [6.07, 6.45) is 0. The topological polar surface area (TPSA) is 27.7 Å². The van der Waals surface area contributed by atoms with Crippen LogP contribution in [0.1, 0.15) is 16.7 Å². The molecule has 0 spiro atoms. The van der Waals surface area contributed by atoms with E-state index in [0.717, 1.165) is 16.7 Å². The van der Waals surface area contributed by atoms with Gasteiger partial charge in [-0.3, -0.25) is 0 Å². The Morgan fingerprint density at radius 1 is 0.440 bits per heavy atom. The van der Waals surface area contributed by atoms with Gasteiger partial charge >= 0.3 is 159 Å². The Morgan fingerprint density at radius 3 is 1.00 bits per heavy atom. The predicted octanol–water partition coefficient (Wildman–Crippen LogP) is 5.00. The fourth-order valence-electron chi connectivity index (χ4n) is 2.27. The van der Waals surface area contributed by atoms with Crippen molar-refractivity contribution in [1.82, 2.24) is 0 Å². The molecule has 0 aromatic heterocycles. The molecule has 3 rings (SSSR count). The van der Waals surface area contributed by atoms with Crippen LogP contribution in [0.5, 0.6) is 0 Å². The van der Waals surface area contributed by atoms with E-state index >= 15 is 0 Å². The van der Waals surface area contributed by atoms with Gasteiger partial charge in [0.1, 0.15) is 0 Å². The van der Waals surface area contributed by atoms with Crippen molar-refractivity contribution in [1.29, 1.82) is 0 Å². The van der Waals surface area contributed by atoms with Crippen molar-refractivity contribution in [3.05, 3.63) is 108 Å². The van der Waals surface area contributed by atoms with Gasteiger partial charge in [0.05, 0.1) is 0 Å². The van der Waals surface area contributed by atoms with Crippen LogP contribution >= 0.6 is 0 Å². The standard InChI is InChI=1S/3C7H7O.Zr/c3*8-6-7-4-2-1-3-5-7;/h3*1-5H,6H2;/q3*-1;+3. The maximum absolute atomic E-state index is 6.02. The van der Waals surface area contributed by atoms with Gasteiger partial charge in [0.25, 0.3) is 0 Å². The van der Waals surface area contributed by atoms with Crippen LogP contribution in [-0.4, -0.2) is 0 Å². The molecule has 25 heavy (non-hydrogen) atoms. The van der Waals surface area contributed by atoms with Crippen LogP contribution in [0, 0.1) is 0 Å². The van der Waals surface area contributed by atoms with Crippen LogP contribution in [0.4, 0.5) is 0 Å². The molecular formula is C21H21O3Zr. The summed E-state index contributed by atoms with van der Waals surface area (Å²) in [6, 6.07) is 30.4. The van der Waals surface area contributed by atoms with E-state index in [0.29, 0.717) is 19.8 Å². The third kappa shape index (κ3) is 6.68. The zero-order valence-corrected chi connectivity index (χ0v) is 16.5. The van der Waals surface area contributed by atoms with Gasteiger partial charge in [0, 0.05) is 0 Å². The molecule has 0 fully saturated rings. The van der Waals surface area contributed by atoms with Gasteiger partial charge < -0.3 is 0 Å². The molecule has 3 aromatic carbocycles. The molecule has 0 unspecified atom stereocenters. The van der Waals surface area contributed by atoms with E-state index in [4.69, 9.17) is 8.44 Å². The molecule has 3 aromatic rings. The summed E-state index contributed by atoms with van der Waals surface area (Å²) >= 11 is -2.88. The van der Waals surface area contributed by atoms with Crippen molar-refractivity contribution in [2.24, 2.45) is 0 Å². The maximum atomic E-state index is 6.02. The number of rotatable bonds is 9. The van der Waals surface area contributed by atoms with Gasteiger partial charge in [-0.15, -0.1) is 0 Å². The molecule has 3 nitrogen and oxygen atoms in total. The second-order valence-electron chi connectivity index (χ2n) is 5.57. The van der Waals surface area contributed by atoms with E-state index in [2.05, 4.69) is 36.4 Å². The summed E-state index contributed by atoms with van der Waals surface area (Å²) in [5, 5.41) is 0. The average Bonchev–Trinajstić information content (AvgIpc) is 2.70. The van der Waals surface area contributed by atoms with E-state index in [-0.39, 0.29) is 0 Å². The second kappa shape index (κ2) is 10.4. The molecule has 0 atom stereocenters. The Bertz CT molecular complexity index is 616. The summed E-state index contributed by atoms with van der Waals surface area (Å²) in [4.78, 5) is 0. The van der Waals surface area contributed by atoms with Crippen molar-refractivity contribution in [3.8, 4) is 0 Å². The molecule has 0 N–H and O–H groups in total. The summed E-state index contributed by atoms with van der Waals surface area (Å²) < 4.78 is 18.1. The van der Waals surface area contributed by atoms with Crippen LogP contribution in [-0.2, 0) is 51.3 Å². The molecule has 0 aliphatic carbocycles. The van der Waals surface area contributed by atoms with Crippen LogP contribution in [0.3, 0.4) is 0 Å². The molecule has 0 saturated heterocycles. The predicted molar refractivity (Wildman–Crippen MR) is 93.7 cm³/mol. The van der Waals surface area contributed by atoms with E-state index in [1.807, 2.05) is 54.6 Å². The zero-order valence-electron chi connectivity index (χ0n) is 14.0. The molecule has 0 saturated carbocycles. The number of hydrogen-bond acceptors (Lipinski definition) is 3.